The maximum Gasteiger partial charge on any atom is 0.251 e. The van der Waals surface area contributed by atoms with Gasteiger partial charge in [0.15, 0.2) is 5.82 Å². The van der Waals surface area contributed by atoms with Crippen LogP contribution in [0.2, 0.25) is 0 Å². The Morgan fingerprint density at radius 3 is 2.40 bits per heavy atom. The SMILES string of the molecule is Cc1ccc(C(CNC(=O)c2ccc(-n3nnnc3C)cc2)N2CCOCC2)cc1. The van der Waals surface area contributed by atoms with Gasteiger partial charge < -0.3 is 10.1 Å². The summed E-state index contributed by atoms with van der Waals surface area (Å²) in [5.41, 5.74) is 3.85. The quantitative estimate of drug-likeness (QED) is 0.675. The van der Waals surface area contributed by atoms with Gasteiger partial charge in [-0.2, -0.15) is 4.68 Å². The van der Waals surface area contributed by atoms with Gasteiger partial charge in [0.25, 0.3) is 5.91 Å². The molecular weight excluding hydrogens is 380 g/mol. The summed E-state index contributed by atoms with van der Waals surface area (Å²) in [6, 6.07) is 15.9. The molecule has 2 aromatic carbocycles. The molecule has 1 aliphatic heterocycles. The fourth-order valence-corrected chi connectivity index (χ4v) is 3.65. The standard InChI is InChI=1S/C22H26N6O2/c1-16-3-5-18(6-4-16)21(27-11-13-30-14-12-27)15-23-22(29)19-7-9-20(10-8-19)28-17(2)24-25-26-28/h3-10,21H,11-15H2,1-2H3,(H,23,29). The molecule has 1 N–H and O–H groups in total. The number of rotatable bonds is 6. The van der Waals surface area contributed by atoms with Crippen LogP contribution in [-0.2, 0) is 4.74 Å². The van der Waals surface area contributed by atoms with E-state index in [4.69, 9.17) is 4.74 Å². The second-order valence-corrected chi connectivity index (χ2v) is 7.47. The number of benzene rings is 2. The normalized spacial score (nSPS) is 15.7. The second kappa shape index (κ2) is 9.15. The number of hydrogen-bond donors (Lipinski definition) is 1. The molecule has 1 aliphatic rings. The van der Waals surface area contributed by atoms with Crippen LogP contribution < -0.4 is 5.32 Å². The first-order valence-electron chi connectivity index (χ1n) is 10.1. The van der Waals surface area contributed by atoms with Gasteiger partial charge in [-0.3, -0.25) is 9.69 Å². The molecule has 0 saturated carbocycles. The summed E-state index contributed by atoms with van der Waals surface area (Å²) in [5.74, 6) is 0.596. The minimum atomic E-state index is -0.0969. The maximum absolute atomic E-state index is 12.8. The lowest BCUT2D eigenvalue weighted by molar-refractivity contribution is 0.0162. The zero-order valence-corrected chi connectivity index (χ0v) is 17.3. The maximum atomic E-state index is 12.8. The lowest BCUT2D eigenvalue weighted by Crippen LogP contribution is -2.43. The molecule has 1 fully saturated rings. The lowest BCUT2D eigenvalue weighted by atomic mass is 10.0. The van der Waals surface area contributed by atoms with Gasteiger partial charge in [0.2, 0.25) is 0 Å². The molecule has 0 radical (unpaired) electrons. The Morgan fingerprint density at radius 1 is 1.07 bits per heavy atom. The summed E-state index contributed by atoms with van der Waals surface area (Å²) in [6.45, 7) is 7.59. The number of ether oxygens (including phenoxy) is 1. The molecule has 1 amide bonds. The highest BCUT2D eigenvalue weighted by atomic mass is 16.5. The van der Waals surface area contributed by atoms with E-state index < -0.39 is 0 Å². The predicted molar refractivity (Wildman–Crippen MR) is 113 cm³/mol. The van der Waals surface area contributed by atoms with E-state index in [9.17, 15) is 4.79 Å². The van der Waals surface area contributed by atoms with Crippen LogP contribution in [0.15, 0.2) is 48.5 Å². The van der Waals surface area contributed by atoms with E-state index in [1.54, 1.807) is 16.8 Å². The van der Waals surface area contributed by atoms with Crippen molar-refractivity contribution in [3.05, 3.63) is 71.0 Å². The van der Waals surface area contributed by atoms with E-state index in [0.717, 1.165) is 18.8 Å². The van der Waals surface area contributed by atoms with Crippen LogP contribution in [-0.4, -0.2) is 63.9 Å². The van der Waals surface area contributed by atoms with E-state index in [-0.39, 0.29) is 11.9 Å². The van der Waals surface area contributed by atoms with E-state index >= 15 is 0 Å². The fourth-order valence-electron chi connectivity index (χ4n) is 3.65. The largest absolute Gasteiger partial charge is 0.379 e. The average molecular weight is 406 g/mol. The predicted octanol–water partition coefficient (Wildman–Crippen LogP) is 2.08. The van der Waals surface area contributed by atoms with Crippen LogP contribution in [0.5, 0.6) is 0 Å². The van der Waals surface area contributed by atoms with Crippen LogP contribution in [0.3, 0.4) is 0 Å². The highest BCUT2D eigenvalue weighted by Crippen LogP contribution is 2.22. The number of morpholine rings is 1. The first-order chi connectivity index (χ1) is 14.6. The molecule has 0 bridgehead atoms. The zero-order chi connectivity index (χ0) is 20.9. The number of aromatic nitrogens is 4. The molecule has 1 aromatic heterocycles. The smallest absolute Gasteiger partial charge is 0.251 e. The molecule has 8 nitrogen and oxygen atoms in total. The highest BCUT2D eigenvalue weighted by molar-refractivity contribution is 5.94. The van der Waals surface area contributed by atoms with E-state index in [1.807, 2.05) is 19.1 Å². The van der Waals surface area contributed by atoms with Crippen molar-refractivity contribution in [1.29, 1.82) is 0 Å². The Hall–Kier alpha value is -3.10. The Kier molecular flexibility index (Phi) is 6.15. The van der Waals surface area contributed by atoms with Gasteiger partial charge >= 0.3 is 0 Å². The van der Waals surface area contributed by atoms with Crippen molar-refractivity contribution < 1.29 is 9.53 Å². The summed E-state index contributed by atoms with van der Waals surface area (Å²) >= 11 is 0. The van der Waals surface area contributed by atoms with Crippen molar-refractivity contribution >= 4 is 5.91 Å². The molecular formula is C22H26N6O2. The number of aryl methyl sites for hydroxylation is 2. The van der Waals surface area contributed by atoms with Gasteiger partial charge in [0.1, 0.15) is 0 Å². The van der Waals surface area contributed by atoms with Gasteiger partial charge in [0.05, 0.1) is 24.9 Å². The summed E-state index contributed by atoms with van der Waals surface area (Å²) in [7, 11) is 0. The molecule has 0 spiro atoms. The van der Waals surface area contributed by atoms with Crippen molar-refractivity contribution in [2.75, 3.05) is 32.8 Å². The highest BCUT2D eigenvalue weighted by Gasteiger charge is 2.23. The Bertz CT molecular complexity index is 978. The van der Waals surface area contributed by atoms with Crippen LogP contribution in [0.25, 0.3) is 5.69 Å². The third-order valence-corrected chi connectivity index (χ3v) is 5.40. The van der Waals surface area contributed by atoms with Gasteiger partial charge in [-0.1, -0.05) is 29.8 Å². The Balaban J connectivity index is 1.45. The molecule has 2 heterocycles. The molecule has 156 valence electrons. The van der Waals surface area contributed by atoms with E-state index in [1.165, 1.54) is 11.1 Å². The third-order valence-electron chi connectivity index (χ3n) is 5.40. The van der Waals surface area contributed by atoms with E-state index in [2.05, 4.69) is 56.9 Å². The van der Waals surface area contributed by atoms with Gasteiger partial charge in [-0.05, 0) is 54.1 Å². The van der Waals surface area contributed by atoms with Crippen LogP contribution in [0, 0.1) is 13.8 Å². The molecule has 1 atom stereocenters. The number of hydrogen-bond acceptors (Lipinski definition) is 6. The fraction of sp³-hybridized carbons (Fsp3) is 0.364. The zero-order valence-electron chi connectivity index (χ0n) is 17.3. The van der Waals surface area contributed by atoms with Crippen LogP contribution in [0.4, 0.5) is 0 Å². The van der Waals surface area contributed by atoms with E-state index in [0.29, 0.717) is 31.1 Å². The molecule has 0 aliphatic carbocycles. The first kappa shape index (κ1) is 20.2. The Labute approximate surface area is 175 Å². The van der Waals surface area contributed by atoms with Crippen molar-refractivity contribution in [2.24, 2.45) is 0 Å². The number of nitrogens with zero attached hydrogens (tertiary/aromatic N) is 5. The summed E-state index contributed by atoms with van der Waals surface area (Å²) in [5, 5.41) is 14.6. The van der Waals surface area contributed by atoms with Crippen molar-refractivity contribution in [1.82, 2.24) is 30.4 Å². The molecule has 1 saturated heterocycles. The summed E-state index contributed by atoms with van der Waals surface area (Å²) in [4.78, 5) is 15.2. The van der Waals surface area contributed by atoms with Crippen molar-refractivity contribution in [2.45, 2.75) is 19.9 Å². The van der Waals surface area contributed by atoms with Gasteiger partial charge in [-0.15, -0.1) is 5.10 Å². The monoisotopic (exact) mass is 406 g/mol. The minimum absolute atomic E-state index is 0.0969. The second-order valence-electron chi connectivity index (χ2n) is 7.47. The first-order valence-corrected chi connectivity index (χ1v) is 10.1. The van der Waals surface area contributed by atoms with Gasteiger partial charge in [0, 0.05) is 25.2 Å². The Morgan fingerprint density at radius 2 is 1.77 bits per heavy atom. The molecule has 3 aromatic rings. The minimum Gasteiger partial charge on any atom is -0.379 e. The molecule has 30 heavy (non-hydrogen) atoms. The molecule has 4 rings (SSSR count). The lowest BCUT2D eigenvalue weighted by Gasteiger charge is -2.35. The average Bonchev–Trinajstić information content (AvgIpc) is 3.21. The summed E-state index contributed by atoms with van der Waals surface area (Å²) in [6.07, 6.45) is 0. The number of carbonyl (C=O) groups excluding carboxylic acids is 1. The third kappa shape index (κ3) is 4.55. The molecule has 1 unspecified atom stereocenters. The molecule has 8 heteroatoms. The van der Waals surface area contributed by atoms with Gasteiger partial charge in [-0.25, -0.2) is 0 Å². The summed E-state index contributed by atoms with van der Waals surface area (Å²) < 4.78 is 7.14. The van der Waals surface area contributed by atoms with Crippen LogP contribution >= 0.6 is 0 Å². The topological polar surface area (TPSA) is 85.2 Å². The van der Waals surface area contributed by atoms with Crippen molar-refractivity contribution in [3.63, 3.8) is 0 Å². The van der Waals surface area contributed by atoms with Crippen molar-refractivity contribution in [3.8, 4) is 5.69 Å². The number of amides is 1. The number of carbonyl (C=O) groups is 1. The van der Waals surface area contributed by atoms with Crippen LogP contribution in [0.1, 0.15) is 33.4 Å². The number of tetrazole rings is 1. The number of nitrogens with one attached hydrogen (secondary N) is 1.